The second-order valence-electron chi connectivity index (χ2n) is 5.05. The van der Waals surface area contributed by atoms with Crippen molar-refractivity contribution in [2.24, 2.45) is 0 Å². The van der Waals surface area contributed by atoms with Gasteiger partial charge in [0.2, 0.25) is 15.9 Å². The number of amides is 1. The van der Waals surface area contributed by atoms with Crippen molar-refractivity contribution >= 4 is 15.9 Å². The van der Waals surface area contributed by atoms with E-state index in [9.17, 15) is 13.2 Å². The van der Waals surface area contributed by atoms with E-state index in [2.05, 4.69) is 0 Å². The Morgan fingerprint density at radius 1 is 1.16 bits per heavy atom. The fourth-order valence-corrected chi connectivity index (χ4v) is 3.98. The van der Waals surface area contributed by atoms with Gasteiger partial charge in [-0.2, -0.15) is 0 Å². The number of nitrogens with zero attached hydrogens (tertiary/aromatic N) is 2. The van der Waals surface area contributed by atoms with Gasteiger partial charge in [-0.15, -0.1) is 0 Å². The summed E-state index contributed by atoms with van der Waals surface area (Å²) in [5, 5.41) is 0. The van der Waals surface area contributed by atoms with E-state index in [1.54, 1.807) is 0 Å². The van der Waals surface area contributed by atoms with Gasteiger partial charge in [-0.1, -0.05) is 13.8 Å². The molecule has 1 saturated heterocycles. The van der Waals surface area contributed by atoms with Crippen LogP contribution in [0.1, 0.15) is 46.0 Å². The van der Waals surface area contributed by atoms with Crippen molar-refractivity contribution in [1.82, 2.24) is 9.21 Å². The molecule has 1 heterocycles. The van der Waals surface area contributed by atoms with Crippen molar-refractivity contribution in [1.29, 1.82) is 0 Å². The topological polar surface area (TPSA) is 57.7 Å². The maximum absolute atomic E-state index is 12.1. The highest BCUT2D eigenvalue weighted by Gasteiger charge is 2.26. The lowest BCUT2D eigenvalue weighted by molar-refractivity contribution is -0.131. The van der Waals surface area contributed by atoms with Crippen molar-refractivity contribution in [3.8, 4) is 0 Å². The number of carbonyl (C=O) groups is 1. The van der Waals surface area contributed by atoms with E-state index in [-0.39, 0.29) is 11.7 Å². The molecule has 0 aromatic heterocycles. The minimum atomic E-state index is -3.11. The highest BCUT2D eigenvalue weighted by molar-refractivity contribution is 7.89. The zero-order chi connectivity index (χ0) is 14.3. The third-order valence-corrected chi connectivity index (χ3v) is 5.32. The summed E-state index contributed by atoms with van der Waals surface area (Å²) in [5.41, 5.74) is 0. The summed E-state index contributed by atoms with van der Waals surface area (Å²) in [6, 6.07) is 0. The first-order valence-electron chi connectivity index (χ1n) is 7.26. The first kappa shape index (κ1) is 16.4. The van der Waals surface area contributed by atoms with Crippen LogP contribution < -0.4 is 0 Å². The summed E-state index contributed by atoms with van der Waals surface area (Å²) < 4.78 is 25.1. The molecule has 1 amide bonds. The summed E-state index contributed by atoms with van der Waals surface area (Å²) in [5.74, 6) is 0.305. The summed E-state index contributed by atoms with van der Waals surface area (Å²) in [7, 11) is -3.11. The number of rotatable bonds is 7. The first-order chi connectivity index (χ1) is 9.01. The molecule has 6 heteroatoms. The molecule has 1 aliphatic rings. The predicted octanol–water partition coefficient (Wildman–Crippen LogP) is 1.45. The molecule has 0 aromatic rings. The van der Waals surface area contributed by atoms with Gasteiger partial charge in [0.1, 0.15) is 0 Å². The van der Waals surface area contributed by atoms with Gasteiger partial charge in [0.05, 0.1) is 5.75 Å². The van der Waals surface area contributed by atoms with Gasteiger partial charge in [0.15, 0.2) is 0 Å². The monoisotopic (exact) mass is 290 g/mol. The lowest BCUT2D eigenvalue weighted by atomic mass is 10.3. The third kappa shape index (κ3) is 5.10. The fourth-order valence-electron chi connectivity index (χ4n) is 2.37. The van der Waals surface area contributed by atoms with Crippen LogP contribution in [-0.4, -0.2) is 55.5 Å². The van der Waals surface area contributed by atoms with Gasteiger partial charge < -0.3 is 4.90 Å². The van der Waals surface area contributed by atoms with Crippen LogP contribution in [0.2, 0.25) is 0 Å². The quantitative estimate of drug-likeness (QED) is 0.713. The number of hydrogen-bond donors (Lipinski definition) is 0. The molecule has 0 unspecified atom stereocenters. The van der Waals surface area contributed by atoms with Gasteiger partial charge in [0.25, 0.3) is 0 Å². The second-order valence-corrected chi connectivity index (χ2v) is 7.14. The zero-order valence-corrected chi connectivity index (χ0v) is 12.9. The van der Waals surface area contributed by atoms with E-state index in [0.717, 1.165) is 38.8 Å². The molecule has 0 bridgehead atoms. The van der Waals surface area contributed by atoms with Crippen LogP contribution in [0, 0.1) is 0 Å². The Bertz CT molecular complexity index is 375. The number of hydrogen-bond acceptors (Lipinski definition) is 3. The smallest absolute Gasteiger partial charge is 0.223 e. The number of sulfonamides is 1. The normalized spacial score (nSPS) is 19.3. The van der Waals surface area contributed by atoms with Crippen LogP contribution in [0.3, 0.4) is 0 Å². The van der Waals surface area contributed by atoms with E-state index < -0.39 is 10.0 Å². The fraction of sp³-hybridized carbons (Fsp3) is 0.923. The van der Waals surface area contributed by atoms with Crippen molar-refractivity contribution in [3.05, 3.63) is 0 Å². The van der Waals surface area contributed by atoms with Gasteiger partial charge >= 0.3 is 0 Å². The van der Waals surface area contributed by atoms with Gasteiger partial charge in [-0.05, 0) is 25.7 Å². The van der Waals surface area contributed by atoms with Crippen molar-refractivity contribution < 1.29 is 13.2 Å². The summed E-state index contributed by atoms with van der Waals surface area (Å²) in [6.07, 6.45) is 3.83. The Morgan fingerprint density at radius 2 is 1.79 bits per heavy atom. The highest BCUT2D eigenvalue weighted by atomic mass is 32.2. The molecule has 0 radical (unpaired) electrons. The van der Waals surface area contributed by atoms with Crippen LogP contribution in [-0.2, 0) is 14.8 Å². The van der Waals surface area contributed by atoms with Crippen LogP contribution in [0.5, 0.6) is 0 Å². The van der Waals surface area contributed by atoms with Gasteiger partial charge in [0, 0.05) is 32.6 Å². The molecule has 1 aliphatic heterocycles. The number of carbonyl (C=O) groups excluding carboxylic acids is 1. The Hall–Kier alpha value is -0.620. The van der Waals surface area contributed by atoms with E-state index in [1.165, 1.54) is 4.31 Å². The molecule has 0 atom stereocenters. The lowest BCUT2D eigenvalue weighted by Gasteiger charge is -2.27. The van der Waals surface area contributed by atoms with Crippen molar-refractivity contribution in [2.45, 2.75) is 46.0 Å². The highest BCUT2D eigenvalue weighted by Crippen LogP contribution is 2.14. The molecule has 19 heavy (non-hydrogen) atoms. The van der Waals surface area contributed by atoms with E-state index >= 15 is 0 Å². The Kier molecular flexibility index (Phi) is 6.79. The van der Waals surface area contributed by atoms with Crippen molar-refractivity contribution in [2.75, 3.05) is 31.9 Å². The SMILES string of the molecule is CCCN(CCC)C(=O)CCN1CCCCS1(=O)=O. The van der Waals surface area contributed by atoms with E-state index in [1.807, 2.05) is 18.7 Å². The standard InChI is InChI=1S/C13H26N2O3S/c1-3-8-14(9-4-2)13(16)7-11-15-10-5-6-12-19(15,17)18/h3-12H2,1-2H3. The zero-order valence-electron chi connectivity index (χ0n) is 12.1. The molecule has 1 rings (SSSR count). The molecule has 0 aromatic carbocycles. The Labute approximate surface area is 117 Å². The van der Waals surface area contributed by atoms with E-state index in [4.69, 9.17) is 0 Å². The molecule has 0 aliphatic carbocycles. The predicted molar refractivity (Wildman–Crippen MR) is 76.4 cm³/mol. The van der Waals surface area contributed by atoms with Crippen LogP contribution in [0.4, 0.5) is 0 Å². The van der Waals surface area contributed by atoms with Crippen LogP contribution in [0.15, 0.2) is 0 Å². The third-order valence-electron chi connectivity index (χ3n) is 3.37. The largest absolute Gasteiger partial charge is 0.343 e. The van der Waals surface area contributed by atoms with Crippen molar-refractivity contribution in [3.63, 3.8) is 0 Å². The molecule has 112 valence electrons. The molecular formula is C13H26N2O3S. The summed E-state index contributed by atoms with van der Waals surface area (Å²) in [6.45, 7) is 6.52. The lowest BCUT2D eigenvalue weighted by Crippen LogP contribution is -2.41. The molecule has 0 spiro atoms. The van der Waals surface area contributed by atoms with Gasteiger partial charge in [-0.3, -0.25) is 4.79 Å². The van der Waals surface area contributed by atoms with Crippen LogP contribution in [0.25, 0.3) is 0 Å². The van der Waals surface area contributed by atoms with Crippen LogP contribution >= 0.6 is 0 Å². The minimum Gasteiger partial charge on any atom is -0.343 e. The molecule has 0 N–H and O–H groups in total. The summed E-state index contributed by atoms with van der Waals surface area (Å²) >= 11 is 0. The first-order valence-corrected chi connectivity index (χ1v) is 8.87. The Morgan fingerprint density at radius 3 is 2.32 bits per heavy atom. The van der Waals surface area contributed by atoms with Gasteiger partial charge in [-0.25, -0.2) is 12.7 Å². The summed E-state index contributed by atoms with van der Waals surface area (Å²) in [4.78, 5) is 13.9. The second kappa shape index (κ2) is 7.85. The molecule has 5 nitrogen and oxygen atoms in total. The molecular weight excluding hydrogens is 264 g/mol. The molecule has 0 saturated carbocycles. The Balaban J connectivity index is 2.47. The maximum atomic E-state index is 12.1. The maximum Gasteiger partial charge on any atom is 0.223 e. The minimum absolute atomic E-state index is 0.0736. The van der Waals surface area contributed by atoms with E-state index in [0.29, 0.717) is 19.5 Å². The molecule has 1 fully saturated rings. The average molecular weight is 290 g/mol. The average Bonchev–Trinajstić information content (AvgIpc) is 2.36.